The van der Waals surface area contributed by atoms with Crippen LogP contribution in [0.15, 0.2) is 12.2 Å². The van der Waals surface area contributed by atoms with E-state index in [1.807, 2.05) is 0 Å². The zero-order valence-corrected chi connectivity index (χ0v) is 19.0. The molecule has 8 atom stereocenters. The smallest absolute Gasteiger partial charge is 0.0228 e. The molecular formula is C27H46. The number of allylic oxidation sites excluding steroid dienone is 2. The van der Waals surface area contributed by atoms with Gasteiger partial charge in [0.1, 0.15) is 0 Å². The van der Waals surface area contributed by atoms with Gasteiger partial charge >= 0.3 is 0 Å². The minimum atomic E-state index is 0.626. The maximum absolute atomic E-state index is 2.72. The van der Waals surface area contributed by atoms with E-state index in [0.717, 1.165) is 41.4 Å². The van der Waals surface area contributed by atoms with Crippen molar-refractivity contribution >= 4 is 0 Å². The fourth-order valence-corrected chi connectivity index (χ4v) is 8.90. The van der Waals surface area contributed by atoms with E-state index in [-0.39, 0.29) is 0 Å². The van der Waals surface area contributed by atoms with Crippen molar-refractivity contribution in [3.63, 3.8) is 0 Å². The van der Waals surface area contributed by atoms with Gasteiger partial charge < -0.3 is 0 Å². The van der Waals surface area contributed by atoms with Crippen LogP contribution in [-0.2, 0) is 0 Å². The fraction of sp³-hybridized carbons (Fsp3) is 0.926. The van der Waals surface area contributed by atoms with E-state index < -0.39 is 0 Å². The van der Waals surface area contributed by atoms with Gasteiger partial charge in [0.05, 0.1) is 0 Å². The number of hydrogen-bond acceptors (Lipinski definition) is 0. The van der Waals surface area contributed by atoms with Gasteiger partial charge in [0.15, 0.2) is 0 Å². The molecule has 0 radical (unpaired) electrons. The molecule has 0 saturated heterocycles. The average Bonchev–Trinajstić information content (AvgIpc) is 2.98. The van der Waals surface area contributed by atoms with Crippen molar-refractivity contribution in [2.45, 2.75) is 105 Å². The van der Waals surface area contributed by atoms with Crippen molar-refractivity contribution in [1.82, 2.24) is 0 Å². The van der Waals surface area contributed by atoms with Crippen LogP contribution in [0.4, 0.5) is 0 Å². The molecule has 0 bridgehead atoms. The third-order valence-electron chi connectivity index (χ3n) is 10.3. The Kier molecular flexibility index (Phi) is 5.59. The van der Waals surface area contributed by atoms with Crippen molar-refractivity contribution < 1.29 is 0 Å². The number of fused-ring (bicyclic) bond motifs is 5. The van der Waals surface area contributed by atoms with Gasteiger partial charge in [0.25, 0.3) is 0 Å². The Morgan fingerprint density at radius 3 is 2.37 bits per heavy atom. The molecule has 0 heterocycles. The largest absolute Gasteiger partial charge is 0.0880 e. The number of hydrogen-bond donors (Lipinski definition) is 0. The van der Waals surface area contributed by atoms with Crippen molar-refractivity contribution in [3.8, 4) is 0 Å². The molecular weight excluding hydrogens is 324 g/mol. The molecule has 4 fully saturated rings. The summed E-state index contributed by atoms with van der Waals surface area (Å²) >= 11 is 0. The molecule has 4 aliphatic carbocycles. The van der Waals surface area contributed by atoms with Gasteiger partial charge in [-0.2, -0.15) is 0 Å². The molecule has 0 nitrogen and oxygen atoms in total. The van der Waals surface area contributed by atoms with E-state index in [4.69, 9.17) is 0 Å². The average molecular weight is 371 g/mol. The summed E-state index contributed by atoms with van der Waals surface area (Å²) in [5.41, 5.74) is 1.32. The molecule has 0 spiro atoms. The van der Waals surface area contributed by atoms with Gasteiger partial charge in [-0.1, -0.05) is 59.6 Å². The van der Waals surface area contributed by atoms with Gasteiger partial charge in [0, 0.05) is 0 Å². The Morgan fingerprint density at radius 1 is 0.815 bits per heavy atom. The molecule has 27 heavy (non-hydrogen) atoms. The molecule has 0 aromatic carbocycles. The summed E-state index contributed by atoms with van der Waals surface area (Å²) in [6.07, 6.45) is 21.7. The fourth-order valence-electron chi connectivity index (χ4n) is 8.90. The zero-order valence-electron chi connectivity index (χ0n) is 19.0. The van der Waals surface area contributed by atoms with Crippen molar-refractivity contribution in [2.75, 3.05) is 0 Å². The summed E-state index contributed by atoms with van der Waals surface area (Å²) in [5, 5.41) is 0. The maximum atomic E-state index is 2.72. The molecule has 0 aromatic heterocycles. The highest BCUT2D eigenvalue weighted by atomic mass is 14.6. The summed E-state index contributed by atoms with van der Waals surface area (Å²) in [6, 6.07) is 0. The summed E-state index contributed by atoms with van der Waals surface area (Å²) in [6.45, 7) is 12.6. The van der Waals surface area contributed by atoms with Gasteiger partial charge in [-0.15, -0.1) is 0 Å². The first-order chi connectivity index (χ1) is 12.9. The minimum Gasteiger partial charge on any atom is -0.0880 e. The van der Waals surface area contributed by atoms with E-state index in [0.29, 0.717) is 10.8 Å². The van der Waals surface area contributed by atoms with E-state index >= 15 is 0 Å². The molecule has 4 saturated carbocycles. The van der Waals surface area contributed by atoms with E-state index in [1.165, 1.54) is 38.5 Å². The molecule has 154 valence electrons. The highest BCUT2D eigenvalue weighted by Gasteiger charge is 2.59. The Balaban J connectivity index is 1.50. The third-order valence-corrected chi connectivity index (χ3v) is 10.3. The van der Waals surface area contributed by atoms with E-state index in [2.05, 4.69) is 46.8 Å². The maximum Gasteiger partial charge on any atom is -0.0228 e. The molecule has 8 unspecified atom stereocenters. The van der Waals surface area contributed by atoms with Crippen molar-refractivity contribution in [1.29, 1.82) is 0 Å². The zero-order chi connectivity index (χ0) is 19.2. The first kappa shape index (κ1) is 20.0. The normalized spacial score (nSPS) is 48.3. The predicted molar refractivity (Wildman–Crippen MR) is 118 cm³/mol. The van der Waals surface area contributed by atoms with Crippen LogP contribution in [0.3, 0.4) is 0 Å². The van der Waals surface area contributed by atoms with Crippen LogP contribution in [0.5, 0.6) is 0 Å². The van der Waals surface area contributed by atoms with Crippen molar-refractivity contribution in [2.24, 2.45) is 52.3 Å². The molecule has 4 aliphatic rings. The van der Waals surface area contributed by atoms with Crippen LogP contribution in [0.1, 0.15) is 105 Å². The Labute approximate surface area is 170 Å². The van der Waals surface area contributed by atoms with Crippen LogP contribution in [-0.4, -0.2) is 0 Å². The Bertz CT molecular complexity index is 544. The Morgan fingerprint density at radius 2 is 1.59 bits per heavy atom. The van der Waals surface area contributed by atoms with Crippen LogP contribution in [0.25, 0.3) is 0 Å². The molecule has 0 heteroatoms. The van der Waals surface area contributed by atoms with Crippen LogP contribution in [0, 0.1) is 52.3 Å². The van der Waals surface area contributed by atoms with E-state index in [9.17, 15) is 0 Å². The summed E-state index contributed by atoms with van der Waals surface area (Å²) < 4.78 is 0. The quantitative estimate of drug-likeness (QED) is 0.437. The second-order valence-electron chi connectivity index (χ2n) is 12.0. The third kappa shape index (κ3) is 3.36. The summed E-state index contributed by atoms with van der Waals surface area (Å²) in [5.74, 6) is 6.71. The molecule has 4 rings (SSSR count). The topological polar surface area (TPSA) is 0 Å². The van der Waals surface area contributed by atoms with Crippen LogP contribution >= 0.6 is 0 Å². The standard InChI is InChI=1S/C27H46/c1-19(2)9-8-10-20(3)23-14-15-24-22-13-12-21-11-6-7-17-26(21,4)25(22)16-18-27(23,24)5/h8,10,19-25H,6-7,9,11-18H2,1-5H3/b10-8-. The predicted octanol–water partition coefficient (Wildman–Crippen LogP) is 8.27. The monoisotopic (exact) mass is 370 g/mol. The van der Waals surface area contributed by atoms with Gasteiger partial charge in [-0.25, -0.2) is 0 Å². The first-order valence-corrected chi connectivity index (χ1v) is 12.5. The first-order valence-electron chi connectivity index (χ1n) is 12.5. The van der Waals surface area contributed by atoms with Gasteiger partial charge in [0.2, 0.25) is 0 Å². The van der Waals surface area contributed by atoms with Gasteiger partial charge in [-0.3, -0.25) is 0 Å². The summed E-state index contributed by atoms with van der Waals surface area (Å²) in [7, 11) is 0. The molecule has 0 aliphatic heterocycles. The minimum absolute atomic E-state index is 0.626. The van der Waals surface area contributed by atoms with Crippen molar-refractivity contribution in [3.05, 3.63) is 12.2 Å². The number of rotatable bonds is 4. The SMILES string of the molecule is CC(C)C/C=C\C(C)C1CCC2C3CCC4CCCCC4(C)C3CCC12C. The molecule has 0 N–H and O–H groups in total. The van der Waals surface area contributed by atoms with E-state index in [1.54, 1.807) is 32.1 Å². The molecule has 0 aromatic rings. The lowest BCUT2D eigenvalue weighted by molar-refractivity contribution is -0.112. The highest BCUT2D eigenvalue weighted by Crippen LogP contribution is 2.68. The second-order valence-corrected chi connectivity index (χ2v) is 12.0. The summed E-state index contributed by atoms with van der Waals surface area (Å²) in [4.78, 5) is 0. The molecule has 0 amide bonds. The lowest BCUT2D eigenvalue weighted by Gasteiger charge is -2.60. The highest BCUT2D eigenvalue weighted by molar-refractivity contribution is 5.10. The van der Waals surface area contributed by atoms with Gasteiger partial charge in [-0.05, 0) is 110 Å². The second kappa shape index (κ2) is 7.53. The van der Waals surface area contributed by atoms with Crippen LogP contribution in [0.2, 0.25) is 0 Å². The Hall–Kier alpha value is -0.260. The lowest BCUT2D eigenvalue weighted by Crippen LogP contribution is -2.53. The lowest BCUT2D eigenvalue weighted by atomic mass is 9.44. The van der Waals surface area contributed by atoms with Crippen LogP contribution < -0.4 is 0 Å².